The Kier molecular flexibility index (Phi) is 11.4. The molecule has 236 valence electrons. The lowest BCUT2D eigenvalue weighted by Gasteiger charge is -2.34. The van der Waals surface area contributed by atoms with Gasteiger partial charge in [-0.15, -0.1) is 0 Å². The van der Waals surface area contributed by atoms with E-state index in [1.165, 1.54) is 17.0 Å². The van der Waals surface area contributed by atoms with Gasteiger partial charge in [0.15, 0.2) is 0 Å². The molecule has 0 fully saturated rings. The van der Waals surface area contributed by atoms with E-state index in [1.54, 1.807) is 30.3 Å². The van der Waals surface area contributed by atoms with E-state index in [-0.39, 0.29) is 35.4 Å². The van der Waals surface area contributed by atoms with E-state index in [1.807, 2.05) is 88.4 Å². The summed E-state index contributed by atoms with van der Waals surface area (Å²) in [5.41, 5.74) is 3.62. The fraction of sp³-hybridized carbons (Fsp3) is 0.278. The van der Waals surface area contributed by atoms with Crippen molar-refractivity contribution in [2.45, 2.75) is 51.6 Å². The van der Waals surface area contributed by atoms with Gasteiger partial charge in [0.05, 0.1) is 10.6 Å². The highest BCUT2D eigenvalue weighted by molar-refractivity contribution is 7.92. The van der Waals surface area contributed by atoms with Gasteiger partial charge in [0.1, 0.15) is 12.6 Å². The molecule has 0 heterocycles. The molecule has 7 nitrogen and oxygen atoms in total. The Bertz CT molecular complexity index is 1700. The molecule has 4 rings (SSSR count). The normalized spacial score (nSPS) is 12.0. The monoisotopic (exact) mass is 645 g/mol. The van der Waals surface area contributed by atoms with Crippen LogP contribution in [0.5, 0.6) is 0 Å². The van der Waals surface area contributed by atoms with Crippen molar-refractivity contribution in [1.29, 1.82) is 0 Å². The highest BCUT2D eigenvalue weighted by Crippen LogP contribution is 2.29. The van der Waals surface area contributed by atoms with Gasteiger partial charge in [-0.1, -0.05) is 110 Å². The first-order chi connectivity index (χ1) is 21.5. The van der Waals surface area contributed by atoms with Crippen LogP contribution < -0.4 is 9.62 Å². The molecule has 1 atom stereocenters. The van der Waals surface area contributed by atoms with Crippen LogP contribution in [0.4, 0.5) is 5.69 Å². The molecule has 0 aliphatic heterocycles. The summed E-state index contributed by atoms with van der Waals surface area (Å²) in [6.07, 6.45) is 0.254. The van der Waals surface area contributed by atoms with Crippen LogP contribution >= 0.6 is 11.6 Å². The first kappa shape index (κ1) is 33.7. The molecular weight excluding hydrogens is 606 g/mol. The number of aryl methyl sites for hydroxylation is 2. The molecule has 0 saturated heterocycles. The molecular formula is C36H40ClN3O4S. The molecule has 0 saturated carbocycles. The van der Waals surface area contributed by atoms with Gasteiger partial charge in [0.25, 0.3) is 10.0 Å². The first-order valence-corrected chi connectivity index (χ1v) is 16.8. The zero-order valence-corrected chi connectivity index (χ0v) is 27.7. The molecule has 4 aromatic carbocycles. The van der Waals surface area contributed by atoms with Crippen molar-refractivity contribution in [1.82, 2.24) is 10.2 Å². The molecule has 45 heavy (non-hydrogen) atoms. The van der Waals surface area contributed by atoms with E-state index in [0.717, 1.165) is 26.6 Å². The van der Waals surface area contributed by atoms with Gasteiger partial charge in [0, 0.05) is 24.5 Å². The molecule has 0 aromatic heterocycles. The van der Waals surface area contributed by atoms with Crippen LogP contribution in [-0.2, 0) is 32.6 Å². The summed E-state index contributed by atoms with van der Waals surface area (Å²) in [7, 11) is -4.20. The van der Waals surface area contributed by atoms with Crippen molar-refractivity contribution < 1.29 is 18.0 Å². The number of carbonyl (C=O) groups is 2. The quantitative estimate of drug-likeness (QED) is 0.178. The fourth-order valence-corrected chi connectivity index (χ4v) is 6.44. The minimum absolute atomic E-state index is 0.0442. The van der Waals surface area contributed by atoms with Crippen LogP contribution in [0.25, 0.3) is 0 Å². The van der Waals surface area contributed by atoms with Crippen molar-refractivity contribution in [3.63, 3.8) is 0 Å². The van der Waals surface area contributed by atoms with Crippen molar-refractivity contribution in [3.05, 3.63) is 130 Å². The van der Waals surface area contributed by atoms with E-state index in [2.05, 4.69) is 5.32 Å². The Morgan fingerprint density at radius 1 is 0.822 bits per heavy atom. The van der Waals surface area contributed by atoms with E-state index in [0.29, 0.717) is 11.6 Å². The molecule has 2 amide bonds. The number of benzene rings is 4. The minimum Gasteiger partial charge on any atom is -0.354 e. The smallest absolute Gasteiger partial charge is 0.264 e. The van der Waals surface area contributed by atoms with Crippen molar-refractivity contribution in [2.75, 3.05) is 17.4 Å². The zero-order valence-electron chi connectivity index (χ0n) is 26.1. The summed E-state index contributed by atoms with van der Waals surface area (Å²) >= 11 is 6.45. The lowest BCUT2D eigenvalue weighted by molar-refractivity contribution is -0.140. The second-order valence-corrected chi connectivity index (χ2v) is 13.9. The minimum atomic E-state index is -4.20. The highest BCUT2D eigenvalue weighted by Gasteiger charge is 2.34. The lowest BCUT2D eigenvalue weighted by atomic mass is 10.0. The summed E-state index contributed by atoms with van der Waals surface area (Å²) < 4.78 is 29.4. The Morgan fingerprint density at radius 3 is 2.00 bits per heavy atom. The van der Waals surface area contributed by atoms with Gasteiger partial charge in [-0.3, -0.25) is 13.9 Å². The number of rotatable bonds is 13. The van der Waals surface area contributed by atoms with Crippen LogP contribution in [0.3, 0.4) is 0 Å². The lowest BCUT2D eigenvalue weighted by Crippen LogP contribution is -2.53. The topological polar surface area (TPSA) is 86.8 Å². The number of nitrogens with zero attached hydrogens (tertiary/aromatic N) is 2. The summed E-state index contributed by atoms with van der Waals surface area (Å²) in [5, 5.41) is 3.38. The van der Waals surface area contributed by atoms with Gasteiger partial charge < -0.3 is 10.2 Å². The molecule has 4 aromatic rings. The number of nitrogens with one attached hydrogen (secondary N) is 1. The fourth-order valence-electron chi connectivity index (χ4n) is 4.86. The number of carbonyl (C=O) groups excluding carboxylic acids is 2. The van der Waals surface area contributed by atoms with Crippen LogP contribution in [0.1, 0.15) is 36.1 Å². The third kappa shape index (κ3) is 8.96. The van der Waals surface area contributed by atoms with E-state index >= 15 is 0 Å². The molecule has 1 N–H and O–H groups in total. The van der Waals surface area contributed by atoms with E-state index in [4.69, 9.17) is 11.6 Å². The van der Waals surface area contributed by atoms with Gasteiger partial charge in [-0.2, -0.15) is 0 Å². The van der Waals surface area contributed by atoms with Crippen molar-refractivity contribution in [2.24, 2.45) is 5.92 Å². The Morgan fingerprint density at radius 2 is 1.42 bits per heavy atom. The van der Waals surface area contributed by atoms with Crippen molar-refractivity contribution >= 4 is 39.1 Å². The maximum Gasteiger partial charge on any atom is 0.264 e. The van der Waals surface area contributed by atoms with Gasteiger partial charge in [-0.25, -0.2) is 8.42 Å². The second kappa shape index (κ2) is 15.2. The van der Waals surface area contributed by atoms with Crippen molar-refractivity contribution in [3.8, 4) is 0 Å². The molecule has 0 spiro atoms. The molecule has 0 aliphatic rings. The third-order valence-corrected chi connectivity index (χ3v) is 9.68. The maximum absolute atomic E-state index is 14.5. The molecule has 0 aliphatic carbocycles. The number of sulfonamides is 1. The van der Waals surface area contributed by atoms with Crippen LogP contribution in [-0.4, -0.2) is 44.3 Å². The summed E-state index contributed by atoms with van der Waals surface area (Å²) in [5.74, 6) is -0.624. The van der Waals surface area contributed by atoms with Gasteiger partial charge in [-0.05, 0) is 60.7 Å². The molecule has 0 radical (unpaired) electrons. The Hall–Kier alpha value is -4.14. The Balaban J connectivity index is 1.80. The number of hydrogen-bond acceptors (Lipinski definition) is 4. The van der Waals surface area contributed by atoms with Crippen LogP contribution in [0, 0.1) is 19.8 Å². The van der Waals surface area contributed by atoms with Gasteiger partial charge >= 0.3 is 0 Å². The van der Waals surface area contributed by atoms with E-state index in [9.17, 15) is 18.0 Å². The number of amides is 2. The Labute approximate surface area is 271 Å². The highest BCUT2D eigenvalue weighted by atomic mass is 35.5. The predicted octanol–water partition coefficient (Wildman–Crippen LogP) is 6.56. The molecule has 9 heteroatoms. The number of anilines is 1. The first-order valence-electron chi connectivity index (χ1n) is 15.0. The van der Waals surface area contributed by atoms with Crippen LogP contribution in [0.15, 0.2) is 108 Å². The predicted molar refractivity (Wildman–Crippen MR) is 181 cm³/mol. The standard InChI is InChI=1S/C36H40ClN3O4S/c1-26(2)23-38-36(42)34(21-29-11-7-5-8-12-29)39(24-30-13-9-6-10-14-30)35(41)25-40(31-18-17-28(4)33(37)22-31)45(43,44)32-19-15-27(3)16-20-32/h5-20,22,26,34H,21,23-25H2,1-4H3,(H,38,42)/t34-/m1/s1. The molecule has 0 bridgehead atoms. The average Bonchev–Trinajstić information content (AvgIpc) is 3.02. The van der Waals surface area contributed by atoms with E-state index < -0.39 is 28.5 Å². The summed E-state index contributed by atoms with van der Waals surface area (Å²) in [6, 6.07) is 29.4. The number of hydrogen-bond donors (Lipinski definition) is 1. The second-order valence-electron chi connectivity index (χ2n) is 11.6. The summed E-state index contributed by atoms with van der Waals surface area (Å²) in [6.45, 7) is 7.70. The zero-order chi connectivity index (χ0) is 32.6. The largest absolute Gasteiger partial charge is 0.354 e. The molecule has 0 unspecified atom stereocenters. The maximum atomic E-state index is 14.5. The average molecular weight is 646 g/mol. The van der Waals surface area contributed by atoms with Crippen LogP contribution in [0.2, 0.25) is 5.02 Å². The SMILES string of the molecule is Cc1ccc(S(=O)(=O)N(CC(=O)N(Cc2ccccc2)[C@H](Cc2ccccc2)C(=O)NCC(C)C)c2ccc(C)c(Cl)c2)cc1. The summed E-state index contributed by atoms with van der Waals surface area (Å²) in [4.78, 5) is 29.9. The third-order valence-electron chi connectivity index (χ3n) is 7.48. The number of halogens is 1. The van der Waals surface area contributed by atoms with Gasteiger partial charge in [0.2, 0.25) is 11.8 Å².